The fourth-order valence-corrected chi connectivity index (χ4v) is 4.40. The number of rotatable bonds is 4. The molecule has 7 nitrogen and oxygen atoms in total. The predicted octanol–water partition coefficient (Wildman–Crippen LogP) is 1.70. The Kier molecular flexibility index (Phi) is 6.76. The van der Waals surface area contributed by atoms with Crippen molar-refractivity contribution < 1.29 is 14.1 Å². The summed E-state index contributed by atoms with van der Waals surface area (Å²) in [5, 5.41) is 10.4. The molecule has 8 heteroatoms. The van der Waals surface area contributed by atoms with Crippen LogP contribution in [0.2, 0.25) is 0 Å². The fraction of sp³-hybridized carbons (Fsp3) is 0.737. The molecule has 0 bridgehead atoms. The monoisotopic (exact) mass is 396 g/mol. The maximum Gasteiger partial charge on any atom is 0.276 e. The molecule has 27 heavy (non-hydrogen) atoms. The molecule has 0 saturated carbocycles. The summed E-state index contributed by atoms with van der Waals surface area (Å²) in [4.78, 5) is 27.0. The zero-order chi connectivity index (χ0) is 17.9. The first-order valence-corrected chi connectivity index (χ1v) is 10.00. The Bertz CT molecular complexity index is 672. The van der Waals surface area contributed by atoms with Gasteiger partial charge in [0.25, 0.3) is 5.91 Å². The molecule has 0 aromatic carbocycles. The van der Waals surface area contributed by atoms with Crippen molar-refractivity contribution in [3.05, 3.63) is 17.0 Å². The number of hydrogen-bond acceptors (Lipinski definition) is 5. The van der Waals surface area contributed by atoms with E-state index in [0.717, 1.165) is 75.8 Å². The lowest BCUT2D eigenvalue weighted by atomic mass is 9.94. The summed E-state index contributed by atoms with van der Waals surface area (Å²) in [7, 11) is 0. The summed E-state index contributed by atoms with van der Waals surface area (Å²) < 4.78 is 5.40. The largest absolute Gasteiger partial charge is 0.360 e. The molecule has 2 saturated heterocycles. The summed E-state index contributed by atoms with van der Waals surface area (Å²) in [5.41, 5.74) is 1.53. The highest BCUT2D eigenvalue weighted by molar-refractivity contribution is 5.94. The summed E-state index contributed by atoms with van der Waals surface area (Å²) in [6.07, 6.45) is 7.97. The van der Waals surface area contributed by atoms with Crippen molar-refractivity contribution in [2.75, 3.05) is 26.2 Å². The van der Waals surface area contributed by atoms with E-state index in [4.69, 9.17) is 4.52 Å². The Morgan fingerprint density at radius 2 is 2.04 bits per heavy atom. The highest BCUT2D eigenvalue weighted by atomic mass is 35.5. The summed E-state index contributed by atoms with van der Waals surface area (Å²) in [6, 6.07) is -0.0435. The van der Waals surface area contributed by atoms with Crippen molar-refractivity contribution in [3.8, 4) is 0 Å². The van der Waals surface area contributed by atoms with Crippen LogP contribution in [0.25, 0.3) is 0 Å². The molecule has 0 spiro atoms. The number of piperidine rings is 1. The normalized spacial score (nSPS) is 24.8. The van der Waals surface area contributed by atoms with Crippen LogP contribution in [0.4, 0.5) is 0 Å². The van der Waals surface area contributed by atoms with Gasteiger partial charge in [-0.3, -0.25) is 9.59 Å². The van der Waals surface area contributed by atoms with Crippen LogP contribution in [0.3, 0.4) is 0 Å². The molecular weight excluding hydrogens is 368 g/mol. The summed E-state index contributed by atoms with van der Waals surface area (Å²) in [6.45, 7) is 3.00. The number of carbonyl (C=O) groups is 2. The molecule has 1 aromatic rings. The van der Waals surface area contributed by atoms with Gasteiger partial charge in [-0.05, 0) is 57.4 Å². The van der Waals surface area contributed by atoms with Crippen molar-refractivity contribution in [2.24, 2.45) is 5.92 Å². The fourth-order valence-electron chi connectivity index (χ4n) is 4.40. The van der Waals surface area contributed by atoms with Crippen molar-refractivity contribution >= 4 is 24.2 Å². The maximum absolute atomic E-state index is 12.9. The van der Waals surface area contributed by atoms with Gasteiger partial charge in [-0.2, -0.15) is 0 Å². The Balaban J connectivity index is 0.00000210. The molecule has 2 unspecified atom stereocenters. The number of nitrogens with zero attached hydrogens (tertiary/aromatic N) is 2. The molecule has 150 valence electrons. The highest BCUT2D eigenvalue weighted by Crippen LogP contribution is 2.26. The molecule has 2 N–H and O–H groups in total. The number of hydrogen-bond donors (Lipinski definition) is 2. The van der Waals surface area contributed by atoms with E-state index in [1.165, 1.54) is 0 Å². The number of amides is 2. The number of likely N-dealkylation sites (tertiary alicyclic amines) is 1. The van der Waals surface area contributed by atoms with Gasteiger partial charge in [0.1, 0.15) is 5.76 Å². The zero-order valence-electron chi connectivity index (χ0n) is 15.7. The van der Waals surface area contributed by atoms with Gasteiger partial charge in [0.15, 0.2) is 5.69 Å². The third-order valence-electron chi connectivity index (χ3n) is 5.90. The molecule has 2 fully saturated rings. The number of aryl methyl sites for hydroxylation is 1. The van der Waals surface area contributed by atoms with Gasteiger partial charge < -0.3 is 20.1 Å². The molecule has 2 aliphatic heterocycles. The smallest absolute Gasteiger partial charge is 0.276 e. The second kappa shape index (κ2) is 9.06. The van der Waals surface area contributed by atoms with Crippen molar-refractivity contribution in [2.45, 2.75) is 57.4 Å². The molecule has 2 amide bonds. The van der Waals surface area contributed by atoms with Gasteiger partial charge in [-0.25, -0.2) is 0 Å². The number of aromatic nitrogens is 1. The molecule has 3 heterocycles. The third kappa shape index (κ3) is 4.46. The Morgan fingerprint density at radius 1 is 1.19 bits per heavy atom. The average Bonchev–Trinajstić information content (AvgIpc) is 3.35. The van der Waals surface area contributed by atoms with E-state index in [0.29, 0.717) is 24.7 Å². The lowest BCUT2D eigenvalue weighted by Crippen LogP contribution is -2.47. The van der Waals surface area contributed by atoms with Crippen LogP contribution in [-0.2, 0) is 17.6 Å². The maximum atomic E-state index is 12.9. The minimum Gasteiger partial charge on any atom is -0.360 e. The Labute approximate surface area is 166 Å². The second-order valence-electron chi connectivity index (χ2n) is 7.79. The van der Waals surface area contributed by atoms with Crippen LogP contribution in [0, 0.1) is 5.92 Å². The molecule has 4 rings (SSSR count). The van der Waals surface area contributed by atoms with E-state index in [1.807, 2.05) is 4.90 Å². The summed E-state index contributed by atoms with van der Waals surface area (Å²) >= 11 is 0. The standard InChI is InChI=1S/C19H28N4O3.ClH/c24-18(15-7-3-9-20-15)21-11-13-5-4-10-23(12-13)19(25)17-14-6-1-2-8-16(14)26-22-17;/h13,15,20H,1-12H2,(H,21,24);1H. The lowest BCUT2D eigenvalue weighted by Gasteiger charge is -2.32. The average molecular weight is 397 g/mol. The first-order valence-electron chi connectivity index (χ1n) is 10.00. The van der Waals surface area contributed by atoms with Crippen LogP contribution in [0.5, 0.6) is 0 Å². The van der Waals surface area contributed by atoms with Crippen molar-refractivity contribution in [1.29, 1.82) is 0 Å². The van der Waals surface area contributed by atoms with Crippen LogP contribution in [-0.4, -0.2) is 54.1 Å². The number of halogens is 1. The van der Waals surface area contributed by atoms with Crippen LogP contribution in [0.15, 0.2) is 4.52 Å². The lowest BCUT2D eigenvalue weighted by molar-refractivity contribution is -0.123. The first-order chi connectivity index (χ1) is 12.7. The molecule has 2 atom stereocenters. The predicted molar refractivity (Wildman–Crippen MR) is 103 cm³/mol. The van der Waals surface area contributed by atoms with Crippen LogP contribution in [0.1, 0.15) is 60.3 Å². The number of fused-ring (bicyclic) bond motifs is 1. The molecular formula is C19H29ClN4O3. The Morgan fingerprint density at radius 3 is 2.85 bits per heavy atom. The minimum atomic E-state index is -0.0435. The molecule has 1 aliphatic carbocycles. The van der Waals surface area contributed by atoms with E-state index in [1.54, 1.807) is 0 Å². The van der Waals surface area contributed by atoms with Gasteiger partial charge in [0.2, 0.25) is 5.91 Å². The van der Waals surface area contributed by atoms with Gasteiger partial charge >= 0.3 is 0 Å². The number of carbonyl (C=O) groups excluding carboxylic acids is 2. The Hall–Kier alpha value is -1.60. The molecule has 0 radical (unpaired) electrons. The number of nitrogens with one attached hydrogen (secondary N) is 2. The second-order valence-corrected chi connectivity index (χ2v) is 7.79. The van der Waals surface area contributed by atoms with E-state index in [-0.39, 0.29) is 30.3 Å². The molecule has 3 aliphatic rings. The molecule has 1 aromatic heterocycles. The van der Waals surface area contributed by atoms with Crippen molar-refractivity contribution in [3.63, 3.8) is 0 Å². The zero-order valence-corrected chi connectivity index (χ0v) is 16.5. The summed E-state index contributed by atoms with van der Waals surface area (Å²) in [5.74, 6) is 1.28. The van der Waals surface area contributed by atoms with E-state index in [9.17, 15) is 9.59 Å². The minimum absolute atomic E-state index is 0. The van der Waals surface area contributed by atoms with Crippen LogP contribution < -0.4 is 10.6 Å². The van der Waals surface area contributed by atoms with Gasteiger partial charge in [-0.1, -0.05) is 5.16 Å². The third-order valence-corrected chi connectivity index (χ3v) is 5.90. The van der Waals surface area contributed by atoms with E-state index in [2.05, 4.69) is 15.8 Å². The van der Waals surface area contributed by atoms with Crippen LogP contribution >= 0.6 is 12.4 Å². The van der Waals surface area contributed by atoms with Gasteiger partial charge in [0.05, 0.1) is 6.04 Å². The van der Waals surface area contributed by atoms with Gasteiger partial charge in [0, 0.05) is 31.6 Å². The highest BCUT2D eigenvalue weighted by Gasteiger charge is 2.31. The van der Waals surface area contributed by atoms with Crippen molar-refractivity contribution in [1.82, 2.24) is 20.7 Å². The van der Waals surface area contributed by atoms with E-state index < -0.39 is 0 Å². The SMILES string of the molecule is Cl.O=C(NCC1CCCN(C(=O)c2noc3c2CCCC3)C1)C1CCCN1. The van der Waals surface area contributed by atoms with Gasteiger partial charge in [-0.15, -0.1) is 12.4 Å². The quantitative estimate of drug-likeness (QED) is 0.808. The van der Waals surface area contributed by atoms with E-state index >= 15 is 0 Å². The topological polar surface area (TPSA) is 87.5 Å². The first kappa shape index (κ1) is 20.1.